The molecule has 0 unspecified atom stereocenters. The van der Waals surface area contributed by atoms with Gasteiger partial charge in [0.05, 0.1) is 0 Å². The lowest BCUT2D eigenvalue weighted by atomic mass is 10.2. The second-order valence-corrected chi connectivity index (χ2v) is 6.11. The van der Waals surface area contributed by atoms with Crippen molar-refractivity contribution >= 4 is 23.2 Å². The Labute approximate surface area is 148 Å². The predicted octanol–water partition coefficient (Wildman–Crippen LogP) is 3.18. The number of benzene rings is 1. The van der Waals surface area contributed by atoms with Gasteiger partial charge in [-0.2, -0.15) is 0 Å². The molecule has 1 saturated heterocycles. The first-order chi connectivity index (χ1) is 12.2. The molecule has 1 amide bonds. The number of hydrogen-bond donors (Lipinski definition) is 1. The van der Waals surface area contributed by atoms with Crippen molar-refractivity contribution in [2.24, 2.45) is 0 Å². The fourth-order valence-electron chi connectivity index (χ4n) is 3.08. The van der Waals surface area contributed by atoms with Crippen LogP contribution < -0.4 is 15.1 Å². The van der Waals surface area contributed by atoms with Gasteiger partial charge in [0.2, 0.25) is 5.95 Å². The maximum atomic E-state index is 12.5. The molecule has 1 aromatic carbocycles. The number of rotatable bonds is 6. The van der Waals surface area contributed by atoms with Crippen LogP contribution in [-0.4, -0.2) is 42.1 Å². The number of hydrogen-bond acceptors (Lipinski definition) is 5. The zero-order chi connectivity index (χ0) is 17.6. The van der Waals surface area contributed by atoms with Crippen molar-refractivity contribution in [3.05, 3.63) is 42.2 Å². The number of anilines is 3. The van der Waals surface area contributed by atoms with Crippen LogP contribution in [0.1, 0.15) is 37.2 Å². The van der Waals surface area contributed by atoms with E-state index >= 15 is 0 Å². The SMILES string of the molecule is CCN(CC)c1ccc(NC(=O)c2ccnc(N3CCCC3)n2)cc1. The van der Waals surface area contributed by atoms with Crippen LogP contribution in [0.25, 0.3) is 0 Å². The molecule has 1 fully saturated rings. The molecule has 1 aliphatic heterocycles. The van der Waals surface area contributed by atoms with Gasteiger partial charge < -0.3 is 15.1 Å². The van der Waals surface area contributed by atoms with Crippen molar-refractivity contribution in [2.45, 2.75) is 26.7 Å². The van der Waals surface area contributed by atoms with E-state index in [1.807, 2.05) is 24.3 Å². The smallest absolute Gasteiger partial charge is 0.274 e. The minimum absolute atomic E-state index is 0.210. The molecule has 0 radical (unpaired) electrons. The summed E-state index contributed by atoms with van der Waals surface area (Å²) in [5, 5.41) is 2.91. The first-order valence-corrected chi connectivity index (χ1v) is 8.95. The third-order valence-corrected chi connectivity index (χ3v) is 4.52. The maximum Gasteiger partial charge on any atom is 0.274 e. The minimum Gasteiger partial charge on any atom is -0.372 e. The molecule has 0 bridgehead atoms. The van der Waals surface area contributed by atoms with E-state index in [9.17, 15) is 4.79 Å². The Morgan fingerprint density at radius 2 is 1.80 bits per heavy atom. The summed E-state index contributed by atoms with van der Waals surface area (Å²) >= 11 is 0. The first kappa shape index (κ1) is 17.2. The molecule has 1 N–H and O–H groups in total. The highest BCUT2D eigenvalue weighted by Crippen LogP contribution is 2.19. The molecule has 132 valence electrons. The Kier molecular flexibility index (Phi) is 5.48. The van der Waals surface area contributed by atoms with Gasteiger partial charge in [-0.3, -0.25) is 4.79 Å². The summed E-state index contributed by atoms with van der Waals surface area (Å²) in [5.74, 6) is 0.431. The van der Waals surface area contributed by atoms with Gasteiger partial charge in [0.15, 0.2) is 0 Å². The van der Waals surface area contributed by atoms with E-state index in [1.54, 1.807) is 12.3 Å². The molecule has 0 saturated carbocycles. The number of nitrogens with one attached hydrogen (secondary N) is 1. The topological polar surface area (TPSA) is 61.4 Å². The monoisotopic (exact) mass is 339 g/mol. The molecule has 2 heterocycles. The lowest BCUT2D eigenvalue weighted by molar-refractivity contribution is 0.102. The highest BCUT2D eigenvalue weighted by Gasteiger charge is 2.17. The van der Waals surface area contributed by atoms with Crippen LogP contribution in [0.15, 0.2) is 36.5 Å². The Balaban J connectivity index is 1.68. The van der Waals surface area contributed by atoms with Gasteiger partial charge in [0, 0.05) is 43.8 Å². The molecule has 6 heteroatoms. The third kappa shape index (κ3) is 4.07. The van der Waals surface area contributed by atoms with E-state index in [-0.39, 0.29) is 5.91 Å². The predicted molar refractivity (Wildman–Crippen MR) is 101 cm³/mol. The van der Waals surface area contributed by atoms with Gasteiger partial charge in [-0.05, 0) is 57.0 Å². The molecule has 1 aliphatic rings. The highest BCUT2D eigenvalue weighted by molar-refractivity contribution is 6.03. The molecule has 6 nitrogen and oxygen atoms in total. The molecular weight excluding hydrogens is 314 g/mol. The maximum absolute atomic E-state index is 12.5. The van der Waals surface area contributed by atoms with Crippen LogP contribution in [-0.2, 0) is 0 Å². The molecule has 0 spiro atoms. The Bertz CT molecular complexity index is 706. The molecule has 2 aromatic rings. The quantitative estimate of drug-likeness (QED) is 0.876. The standard InChI is InChI=1S/C19H25N5O/c1-3-23(4-2)16-9-7-15(8-10-16)21-18(25)17-11-12-20-19(22-17)24-13-5-6-14-24/h7-12H,3-6,13-14H2,1-2H3,(H,21,25). The van der Waals surface area contributed by atoms with E-state index in [1.165, 1.54) is 0 Å². The van der Waals surface area contributed by atoms with Crippen molar-refractivity contribution in [3.63, 3.8) is 0 Å². The Morgan fingerprint density at radius 1 is 1.12 bits per heavy atom. The van der Waals surface area contributed by atoms with Crippen molar-refractivity contribution in [1.29, 1.82) is 0 Å². The van der Waals surface area contributed by atoms with E-state index in [0.717, 1.165) is 50.4 Å². The summed E-state index contributed by atoms with van der Waals surface area (Å²) in [7, 11) is 0. The summed E-state index contributed by atoms with van der Waals surface area (Å²) < 4.78 is 0. The van der Waals surface area contributed by atoms with Gasteiger partial charge in [-0.25, -0.2) is 9.97 Å². The summed E-state index contributed by atoms with van der Waals surface area (Å²) in [6.45, 7) is 8.10. The first-order valence-electron chi connectivity index (χ1n) is 8.95. The van der Waals surface area contributed by atoms with Crippen LogP contribution in [0.4, 0.5) is 17.3 Å². The molecule has 0 atom stereocenters. The number of amides is 1. The molecule has 1 aromatic heterocycles. The zero-order valence-electron chi connectivity index (χ0n) is 14.9. The van der Waals surface area contributed by atoms with Gasteiger partial charge in [-0.1, -0.05) is 0 Å². The summed E-state index contributed by atoms with van der Waals surface area (Å²) in [6.07, 6.45) is 3.95. The van der Waals surface area contributed by atoms with Gasteiger partial charge in [0.25, 0.3) is 5.91 Å². The highest BCUT2D eigenvalue weighted by atomic mass is 16.1. The number of nitrogens with zero attached hydrogens (tertiary/aromatic N) is 4. The average molecular weight is 339 g/mol. The van der Waals surface area contributed by atoms with Crippen molar-refractivity contribution < 1.29 is 4.79 Å². The van der Waals surface area contributed by atoms with Crippen molar-refractivity contribution in [3.8, 4) is 0 Å². The molecule has 0 aliphatic carbocycles. The normalized spacial score (nSPS) is 13.8. The fraction of sp³-hybridized carbons (Fsp3) is 0.421. The fourth-order valence-corrected chi connectivity index (χ4v) is 3.08. The van der Waals surface area contributed by atoms with Crippen LogP contribution in [0, 0.1) is 0 Å². The number of carbonyl (C=O) groups excluding carboxylic acids is 1. The van der Waals surface area contributed by atoms with E-state index in [0.29, 0.717) is 11.6 Å². The van der Waals surface area contributed by atoms with Crippen molar-refractivity contribution in [1.82, 2.24) is 9.97 Å². The second-order valence-electron chi connectivity index (χ2n) is 6.11. The Morgan fingerprint density at radius 3 is 2.44 bits per heavy atom. The van der Waals surface area contributed by atoms with Crippen LogP contribution >= 0.6 is 0 Å². The minimum atomic E-state index is -0.210. The Hall–Kier alpha value is -2.63. The zero-order valence-corrected chi connectivity index (χ0v) is 14.9. The van der Waals surface area contributed by atoms with Crippen LogP contribution in [0.5, 0.6) is 0 Å². The van der Waals surface area contributed by atoms with Gasteiger partial charge >= 0.3 is 0 Å². The third-order valence-electron chi connectivity index (χ3n) is 4.52. The summed E-state index contributed by atoms with van der Waals surface area (Å²) in [6, 6.07) is 9.55. The average Bonchev–Trinajstić information content (AvgIpc) is 3.19. The van der Waals surface area contributed by atoms with Gasteiger partial charge in [0.1, 0.15) is 5.69 Å². The molecule has 3 rings (SSSR count). The second kappa shape index (κ2) is 7.96. The largest absolute Gasteiger partial charge is 0.372 e. The lowest BCUT2D eigenvalue weighted by Crippen LogP contribution is -2.23. The van der Waals surface area contributed by atoms with E-state index in [4.69, 9.17) is 0 Å². The van der Waals surface area contributed by atoms with E-state index in [2.05, 4.69) is 38.9 Å². The van der Waals surface area contributed by atoms with Crippen molar-refractivity contribution in [2.75, 3.05) is 41.3 Å². The summed E-state index contributed by atoms with van der Waals surface area (Å²) in [4.78, 5) is 25.6. The van der Waals surface area contributed by atoms with Crippen LogP contribution in [0.3, 0.4) is 0 Å². The number of aromatic nitrogens is 2. The van der Waals surface area contributed by atoms with Crippen LogP contribution in [0.2, 0.25) is 0 Å². The van der Waals surface area contributed by atoms with E-state index < -0.39 is 0 Å². The summed E-state index contributed by atoms with van der Waals surface area (Å²) in [5.41, 5.74) is 2.31. The number of carbonyl (C=O) groups is 1. The molecule has 25 heavy (non-hydrogen) atoms. The molecular formula is C19H25N5O. The lowest BCUT2D eigenvalue weighted by Gasteiger charge is -2.21. The van der Waals surface area contributed by atoms with Gasteiger partial charge in [-0.15, -0.1) is 0 Å².